The molecule has 1 N–H and O–H groups in total. The predicted octanol–water partition coefficient (Wildman–Crippen LogP) is 5.38. The molecule has 64 heavy (non-hydrogen) atoms. The van der Waals surface area contributed by atoms with E-state index in [1.165, 1.54) is 0 Å². The van der Waals surface area contributed by atoms with Gasteiger partial charge in [-0.1, -0.05) is 12.1 Å². The lowest BCUT2D eigenvalue weighted by Gasteiger charge is -2.27. The number of piperidine rings is 1. The van der Waals surface area contributed by atoms with Gasteiger partial charge in [-0.05, 0) is 51.0 Å². The van der Waals surface area contributed by atoms with Gasteiger partial charge in [-0.2, -0.15) is 4.39 Å². The summed E-state index contributed by atoms with van der Waals surface area (Å²) in [7, 11) is 0. The summed E-state index contributed by atoms with van der Waals surface area (Å²) in [5.74, 6) is -10.4. The van der Waals surface area contributed by atoms with Gasteiger partial charge in [0.2, 0.25) is 23.5 Å². The van der Waals surface area contributed by atoms with Crippen LogP contribution in [0, 0.1) is 17.5 Å². The standard InChI is InChI=1S/C44H44F3N5O12/c1-44(2,3)64-43(57)51-29-10-11-48-24-28(29)27-6-4-25(22-31(27)51)26-5-9-33(49-23-26)62-20-18-60-16-14-58-12-13-59-15-17-61-19-21-63-39-37(46)35-34(36(45)38(39)47)41(55)52(42(35)56)30-7-8-32(53)50-40(30)54/h4-6,9-11,22-24,30H,7-8,12-21H2,1-3H3,(H,50,53,54). The molecule has 0 saturated carbocycles. The summed E-state index contributed by atoms with van der Waals surface area (Å²) in [6.45, 7) is 6.78. The molecule has 0 aliphatic carbocycles. The smallest absolute Gasteiger partial charge is 0.419 e. The van der Waals surface area contributed by atoms with Crippen molar-refractivity contribution < 1.29 is 70.3 Å². The van der Waals surface area contributed by atoms with Crippen LogP contribution in [-0.4, -0.2) is 127 Å². The summed E-state index contributed by atoms with van der Waals surface area (Å²) in [6, 6.07) is 9.77. The first-order valence-electron chi connectivity index (χ1n) is 20.3. The molecule has 3 aromatic heterocycles. The SMILES string of the molecule is CC(C)(C)OC(=O)n1c2ccncc2c2ccc(-c3ccc(OCCOCCOCCOCCOCCOc4c(F)c(F)c5c(c4F)C(=O)N(C4CCC(=O)NC4=O)C5=O)nc3)cc21. The van der Waals surface area contributed by atoms with Crippen molar-refractivity contribution in [1.29, 1.82) is 0 Å². The number of aromatic nitrogens is 3. The van der Waals surface area contributed by atoms with E-state index in [0.29, 0.717) is 41.6 Å². The summed E-state index contributed by atoms with van der Waals surface area (Å²) < 4.78 is 84.8. The Hall–Kier alpha value is -6.48. The number of nitrogens with one attached hydrogen (secondary N) is 1. The molecule has 338 valence electrons. The minimum atomic E-state index is -1.82. The Bertz CT molecular complexity index is 2580. The minimum Gasteiger partial charge on any atom is -0.485 e. The van der Waals surface area contributed by atoms with Gasteiger partial charge in [0.15, 0.2) is 17.4 Å². The average molecular weight is 892 g/mol. The summed E-state index contributed by atoms with van der Waals surface area (Å²) in [5.41, 5.74) is 0.188. The Morgan fingerprint density at radius 3 is 1.94 bits per heavy atom. The highest BCUT2D eigenvalue weighted by atomic mass is 19.2. The van der Waals surface area contributed by atoms with Crippen molar-refractivity contribution in [3.05, 3.63) is 83.6 Å². The Morgan fingerprint density at radius 1 is 0.719 bits per heavy atom. The van der Waals surface area contributed by atoms with Crippen LogP contribution in [0.25, 0.3) is 32.9 Å². The summed E-state index contributed by atoms with van der Waals surface area (Å²) in [5, 5.41) is 3.67. The lowest BCUT2D eigenvalue weighted by atomic mass is 10.0. The number of benzene rings is 2. The maximum Gasteiger partial charge on any atom is 0.419 e. The van der Waals surface area contributed by atoms with Crippen LogP contribution in [0.4, 0.5) is 18.0 Å². The maximum atomic E-state index is 15.3. The first-order chi connectivity index (χ1) is 30.7. The average Bonchev–Trinajstić information content (AvgIpc) is 3.73. The molecule has 1 atom stereocenters. The van der Waals surface area contributed by atoms with Crippen molar-refractivity contribution >= 4 is 51.5 Å². The molecule has 17 nitrogen and oxygen atoms in total. The molecule has 4 amide bonds. The molecule has 20 heteroatoms. The van der Waals surface area contributed by atoms with Gasteiger partial charge in [-0.15, -0.1) is 0 Å². The summed E-state index contributed by atoms with van der Waals surface area (Å²) in [6.07, 6.45) is 4.13. The Labute approximate surface area is 363 Å². The zero-order valence-corrected chi connectivity index (χ0v) is 35.1. The van der Waals surface area contributed by atoms with Crippen LogP contribution in [0.5, 0.6) is 11.6 Å². The van der Waals surface area contributed by atoms with E-state index in [1.807, 2.05) is 50.4 Å². The highest BCUT2D eigenvalue weighted by molar-refractivity contribution is 6.24. The highest BCUT2D eigenvalue weighted by Crippen LogP contribution is 2.38. The van der Waals surface area contributed by atoms with Crippen molar-refractivity contribution in [2.24, 2.45) is 0 Å². The van der Waals surface area contributed by atoms with Crippen molar-refractivity contribution in [2.75, 3.05) is 66.1 Å². The monoisotopic (exact) mass is 891 g/mol. The van der Waals surface area contributed by atoms with E-state index in [1.54, 1.807) is 35.3 Å². The maximum absolute atomic E-state index is 15.3. The molecule has 0 radical (unpaired) electrons. The van der Waals surface area contributed by atoms with Gasteiger partial charge in [0.25, 0.3) is 11.8 Å². The van der Waals surface area contributed by atoms with Crippen molar-refractivity contribution in [3.63, 3.8) is 0 Å². The number of hydrogen-bond donors (Lipinski definition) is 1. The second kappa shape index (κ2) is 19.9. The van der Waals surface area contributed by atoms with Crippen LogP contribution in [0.15, 0.2) is 55.0 Å². The van der Waals surface area contributed by atoms with Gasteiger partial charge in [-0.3, -0.25) is 34.4 Å². The number of ether oxygens (including phenoxy) is 7. The van der Waals surface area contributed by atoms with E-state index >= 15 is 4.39 Å². The van der Waals surface area contributed by atoms with Gasteiger partial charge in [0, 0.05) is 47.4 Å². The van der Waals surface area contributed by atoms with Gasteiger partial charge in [0.1, 0.15) is 24.9 Å². The van der Waals surface area contributed by atoms with Crippen LogP contribution in [0.2, 0.25) is 0 Å². The fourth-order valence-electron chi connectivity index (χ4n) is 7.07. The van der Waals surface area contributed by atoms with E-state index in [-0.39, 0.29) is 52.5 Å². The number of imide groups is 2. The molecular weight excluding hydrogens is 848 g/mol. The third-order valence-corrected chi connectivity index (χ3v) is 9.95. The highest BCUT2D eigenvalue weighted by Gasteiger charge is 2.49. The largest absolute Gasteiger partial charge is 0.485 e. The second-order valence-electron chi connectivity index (χ2n) is 15.4. The molecule has 2 aliphatic heterocycles. The number of pyridine rings is 2. The molecular formula is C44H44F3N5O12. The molecule has 5 heterocycles. The number of carbonyl (C=O) groups is 5. The van der Waals surface area contributed by atoms with Crippen molar-refractivity contribution in [2.45, 2.75) is 45.3 Å². The number of nitrogens with zero attached hydrogens (tertiary/aromatic N) is 4. The molecule has 2 aliphatic rings. The third kappa shape index (κ3) is 9.99. The fraction of sp³-hybridized carbons (Fsp3) is 0.386. The molecule has 5 aromatic rings. The molecule has 0 spiro atoms. The van der Waals surface area contributed by atoms with Crippen LogP contribution < -0.4 is 14.8 Å². The zero-order valence-electron chi connectivity index (χ0n) is 35.1. The lowest BCUT2D eigenvalue weighted by Crippen LogP contribution is -2.54. The van der Waals surface area contributed by atoms with Crippen LogP contribution in [0.3, 0.4) is 0 Å². The molecule has 2 aromatic carbocycles. The number of amides is 4. The van der Waals surface area contributed by atoms with Crippen molar-refractivity contribution in [3.8, 4) is 22.8 Å². The quantitative estimate of drug-likeness (QED) is 0.0631. The number of halogens is 3. The normalized spacial score (nSPS) is 15.3. The number of fused-ring (bicyclic) bond motifs is 4. The lowest BCUT2D eigenvalue weighted by molar-refractivity contribution is -0.136. The van der Waals surface area contributed by atoms with E-state index in [9.17, 15) is 32.8 Å². The number of rotatable bonds is 19. The third-order valence-electron chi connectivity index (χ3n) is 9.95. The Kier molecular flexibility index (Phi) is 14.2. The zero-order chi connectivity index (χ0) is 45.5. The first kappa shape index (κ1) is 45.5. The Balaban J connectivity index is 0.746. The van der Waals surface area contributed by atoms with Gasteiger partial charge in [0.05, 0.1) is 75.0 Å². The number of carbonyl (C=O) groups excluding carboxylic acids is 5. The first-order valence-corrected chi connectivity index (χ1v) is 20.3. The van der Waals surface area contributed by atoms with Crippen molar-refractivity contribution in [1.82, 2.24) is 24.8 Å². The molecule has 1 saturated heterocycles. The van der Waals surface area contributed by atoms with Crippen LogP contribution in [-0.2, 0) is 33.3 Å². The van der Waals surface area contributed by atoms with Crippen LogP contribution in [0.1, 0.15) is 54.3 Å². The molecule has 1 unspecified atom stereocenters. The van der Waals surface area contributed by atoms with E-state index in [4.69, 9.17) is 33.2 Å². The van der Waals surface area contributed by atoms with E-state index in [2.05, 4.69) is 9.97 Å². The molecule has 1 fully saturated rings. The van der Waals surface area contributed by atoms with Gasteiger partial charge >= 0.3 is 6.09 Å². The van der Waals surface area contributed by atoms with E-state index in [0.717, 1.165) is 21.9 Å². The van der Waals surface area contributed by atoms with Crippen LogP contribution >= 0.6 is 0 Å². The molecule has 7 rings (SSSR count). The molecule has 0 bridgehead atoms. The summed E-state index contributed by atoms with van der Waals surface area (Å²) in [4.78, 5) is 71.7. The predicted molar refractivity (Wildman–Crippen MR) is 219 cm³/mol. The topological polar surface area (TPSA) is 196 Å². The Morgan fingerprint density at radius 2 is 1.33 bits per heavy atom. The fourth-order valence-corrected chi connectivity index (χ4v) is 7.07. The number of hydrogen-bond acceptors (Lipinski definition) is 14. The van der Waals surface area contributed by atoms with Gasteiger partial charge < -0.3 is 33.2 Å². The van der Waals surface area contributed by atoms with Gasteiger partial charge in [-0.25, -0.2) is 23.1 Å². The van der Waals surface area contributed by atoms with E-state index < -0.39 is 82.3 Å². The minimum absolute atomic E-state index is 0.0808. The second-order valence-corrected chi connectivity index (χ2v) is 15.4. The summed E-state index contributed by atoms with van der Waals surface area (Å²) >= 11 is 0.